The second kappa shape index (κ2) is 4.49. The summed E-state index contributed by atoms with van der Waals surface area (Å²) in [5.74, 6) is 0. The second-order valence-corrected chi connectivity index (χ2v) is 3.88. The Balaban J connectivity index is 2.83. The van der Waals surface area contributed by atoms with Crippen LogP contribution in [0, 0.1) is 0 Å². The molecule has 6 heteroatoms. The smallest absolute Gasteiger partial charge is 0.366 e. The van der Waals surface area contributed by atoms with Crippen molar-refractivity contribution in [3.63, 3.8) is 0 Å². The molecule has 15 heavy (non-hydrogen) atoms. The number of hydrogen-bond donors (Lipinski definition) is 0. The lowest BCUT2D eigenvalue weighted by molar-refractivity contribution is -0.119. The highest BCUT2D eigenvalue weighted by atomic mass is 35.5. The first kappa shape index (κ1) is 12.5. The Bertz CT molecular complexity index is 352. The molecule has 0 aliphatic rings. The van der Waals surface area contributed by atoms with E-state index >= 15 is 0 Å². The van der Waals surface area contributed by atoms with Gasteiger partial charge in [0.1, 0.15) is 6.54 Å². The molecule has 1 aromatic carbocycles. The van der Waals surface area contributed by atoms with Gasteiger partial charge in [0.2, 0.25) is 0 Å². The quantitative estimate of drug-likeness (QED) is 0.775. The van der Waals surface area contributed by atoms with Crippen LogP contribution in [0.15, 0.2) is 18.2 Å². The van der Waals surface area contributed by atoms with E-state index in [-0.39, 0.29) is 5.02 Å². The van der Waals surface area contributed by atoms with Crippen molar-refractivity contribution in [1.29, 1.82) is 0 Å². The predicted octanol–water partition coefficient (Wildman–Crippen LogP) is 3.99. The van der Waals surface area contributed by atoms with E-state index in [1.54, 1.807) is 0 Å². The Morgan fingerprint density at radius 3 is 2.27 bits per heavy atom. The van der Waals surface area contributed by atoms with Crippen molar-refractivity contribution in [2.45, 2.75) is 6.18 Å². The number of halogens is 5. The van der Waals surface area contributed by atoms with Gasteiger partial charge < -0.3 is 4.90 Å². The van der Waals surface area contributed by atoms with Crippen molar-refractivity contribution in [2.75, 3.05) is 18.5 Å². The molecule has 0 atom stereocenters. The molecule has 1 rings (SSSR count). The van der Waals surface area contributed by atoms with Crippen LogP contribution in [-0.4, -0.2) is 19.8 Å². The number of anilines is 1. The first-order valence-corrected chi connectivity index (χ1v) is 4.78. The Morgan fingerprint density at radius 1 is 1.20 bits per heavy atom. The fourth-order valence-corrected chi connectivity index (χ4v) is 1.38. The van der Waals surface area contributed by atoms with E-state index in [1.165, 1.54) is 25.2 Å². The van der Waals surface area contributed by atoms with Crippen LogP contribution < -0.4 is 4.90 Å². The van der Waals surface area contributed by atoms with Gasteiger partial charge in [-0.3, -0.25) is 0 Å². The summed E-state index contributed by atoms with van der Waals surface area (Å²) in [5.41, 5.74) is 0.377. The van der Waals surface area contributed by atoms with Crippen LogP contribution in [0.4, 0.5) is 18.9 Å². The van der Waals surface area contributed by atoms with Crippen molar-refractivity contribution in [3.05, 3.63) is 28.2 Å². The van der Waals surface area contributed by atoms with E-state index in [9.17, 15) is 13.2 Å². The van der Waals surface area contributed by atoms with Gasteiger partial charge in [-0.15, -0.1) is 0 Å². The van der Waals surface area contributed by atoms with Gasteiger partial charge in [-0.25, -0.2) is 0 Å². The van der Waals surface area contributed by atoms with E-state index in [0.29, 0.717) is 10.7 Å². The summed E-state index contributed by atoms with van der Waals surface area (Å²) in [6, 6.07) is 4.35. The van der Waals surface area contributed by atoms with Crippen molar-refractivity contribution in [2.24, 2.45) is 0 Å². The summed E-state index contributed by atoms with van der Waals surface area (Å²) in [4.78, 5) is 1.06. The molecular weight excluding hydrogens is 250 g/mol. The molecule has 1 aromatic rings. The van der Waals surface area contributed by atoms with Crippen LogP contribution >= 0.6 is 23.2 Å². The van der Waals surface area contributed by atoms with Crippen LogP contribution in [0.5, 0.6) is 0 Å². The molecule has 0 spiro atoms. The minimum absolute atomic E-state index is 0.239. The number of rotatable bonds is 2. The molecule has 0 fully saturated rings. The van der Waals surface area contributed by atoms with Crippen LogP contribution in [0.3, 0.4) is 0 Å². The van der Waals surface area contributed by atoms with Gasteiger partial charge in [-0.2, -0.15) is 13.2 Å². The zero-order valence-corrected chi connectivity index (χ0v) is 9.29. The molecular formula is C9H8Cl2F3N. The highest BCUT2D eigenvalue weighted by Gasteiger charge is 2.29. The Labute approximate surface area is 95.4 Å². The van der Waals surface area contributed by atoms with E-state index in [2.05, 4.69) is 0 Å². The molecule has 0 amide bonds. The minimum Gasteiger partial charge on any atom is -0.366 e. The van der Waals surface area contributed by atoms with Crippen molar-refractivity contribution in [1.82, 2.24) is 0 Å². The van der Waals surface area contributed by atoms with Gasteiger partial charge in [0, 0.05) is 12.7 Å². The maximum absolute atomic E-state index is 12.1. The van der Waals surface area contributed by atoms with Gasteiger partial charge in [0.15, 0.2) is 0 Å². The number of alkyl halides is 3. The third kappa shape index (κ3) is 3.80. The summed E-state index contributed by atoms with van der Waals surface area (Å²) in [6.07, 6.45) is -4.24. The monoisotopic (exact) mass is 257 g/mol. The molecule has 0 radical (unpaired) electrons. The molecule has 0 saturated carbocycles. The lowest BCUT2D eigenvalue weighted by atomic mass is 10.3. The SMILES string of the molecule is CN(CC(F)(F)F)c1ccc(Cl)c(Cl)c1. The van der Waals surface area contributed by atoms with E-state index in [1.807, 2.05) is 0 Å². The third-order valence-corrected chi connectivity index (χ3v) is 2.50. The molecule has 84 valence electrons. The van der Waals surface area contributed by atoms with Crippen LogP contribution in [0.25, 0.3) is 0 Å². The zero-order valence-electron chi connectivity index (χ0n) is 7.78. The van der Waals surface area contributed by atoms with E-state index in [0.717, 1.165) is 4.90 Å². The van der Waals surface area contributed by atoms with Crippen molar-refractivity contribution < 1.29 is 13.2 Å². The van der Waals surface area contributed by atoms with Gasteiger partial charge >= 0.3 is 6.18 Å². The standard InChI is InChI=1S/C9H8Cl2F3N/c1-15(5-9(12,13)14)6-2-3-7(10)8(11)4-6/h2-4H,5H2,1H3. The molecule has 1 nitrogen and oxygen atoms in total. The first-order chi connectivity index (χ1) is 6.79. The predicted molar refractivity (Wildman–Crippen MR) is 55.8 cm³/mol. The molecule has 0 N–H and O–H groups in total. The number of hydrogen-bond acceptors (Lipinski definition) is 1. The average molecular weight is 258 g/mol. The van der Waals surface area contributed by atoms with Gasteiger partial charge in [-0.1, -0.05) is 23.2 Å². The minimum atomic E-state index is -4.24. The summed E-state index contributed by atoms with van der Waals surface area (Å²) in [7, 11) is 1.34. The van der Waals surface area contributed by atoms with Crippen LogP contribution in [0.1, 0.15) is 0 Å². The summed E-state index contributed by atoms with van der Waals surface area (Å²) >= 11 is 11.3. The lowest BCUT2D eigenvalue weighted by Crippen LogP contribution is -2.30. The average Bonchev–Trinajstić information content (AvgIpc) is 2.06. The molecule has 0 aliphatic heterocycles. The Hall–Kier alpha value is -0.610. The topological polar surface area (TPSA) is 3.24 Å². The lowest BCUT2D eigenvalue weighted by Gasteiger charge is -2.21. The van der Waals surface area contributed by atoms with Crippen molar-refractivity contribution in [3.8, 4) is 0 Å². The molecule has 0 unspecified atom stereocenters. The molecule has 0 aromatic heterocycles. The molecule has 0 heterocycles. The van der Waals surface area contributed by atoms with Crippen molar-refractivity contribution >= 4 is 28.9 Å². The van der Waals surface area contributed by atoms with E-state index in [4.69, 9.17) is 23.2 Å². The second-order valence-electron chi connectivity index (χ2n) is 3.07. The molecule has 0 bridgehead atoms. The Morgan fingerprint density at radius 2 is 1.80 bits per heavy atom. The maximum atomic E-state index is 12.1. The zero-order chi connectivity index (χ0) is 11.6. The highest BCUT2D eigenvalue weighted by molar-refractivity contribution is 6.42. The fourth-order valence-electron chi connectivity index (χ4n) is 1.08. The van der Waals surface area contributed by atoms with Crippen LogP contribution in [0.2, 0.25) is 10.0 Å². The van der Waals surface area contributed by atoms with Gasteiger partial charge in [-0.05, 0) is 18.2 Å². The fraction of sp³-hybridized carbons (Fsp3) is 0.333. The third-order valence-electron chi connectivity index (χ3n) is 1.76. The molecule has 0 saturated heterocycles. The van der Waals surface area contributed by atoms with Gasteiger partial charge in [0.05, 0.1) is 10.0 Å². The summed E-state index contributed by atoms with van der Waals surface area (Å²) in [5, 5.41) is 0.559. The van der Waals surface area contributed by atoms with Crippen LogP contribution in [-0.2, 0) is 0 Å². The summed E-state index contributed by atoms with van der Waals surface area (Å²) < 4.78 is 36.2. The Kier molecular flexibility index (Phi) is 3.73. The number of nitrogens with zero attached hydrogens (tertiary/aromatic N) is 1. The van der Waals surface area contributed by atoms with Gasteiger partial charge in [0.25, 0.3) is 0 Å². The molecule has 0 aliphatic carbocycles. The maximum Gasteiger partial charge on any atom is 0.405 e. The number of benzene rings is 1. The normalized spacial score (nSPS) is 11.6. The highest BCUT2D eigenvalue weighted by Crippen LogP contribution is 2.28. The summed E-state index contributed by atoms with van der Waals surface area (Å²) in [6.45, 7) is -1.02. The van der Waals surface area contributed by atoms with E-state index < -0.39 is 12.7 Å². The first-order valence-electron chi connectivity index (χ1n) is 4.02. The largest absolute Gasteiger partial charge is 0.405 e.